The molecule has 2 aromatic heterocycles. The summed E-state index contributed by atoms with van der Waals surface area (Å²) < 4.78 is 10.9. The summed E-state index contributed by atoms with van der Waals surface area (Å²) in [5, 5.41) is 13.7. The van der Waals surface area contributed by atoms with Crippen LogP contribution in [-0.2, 0) is 10.6 Å². The monoisotopic (exact) mass is 508 g/mol. The minimum Gasteiger partial charge on any atom is -0.464 e. The van der Waals surface area contributed by atoms with Crippen molar-refractivity contribution in [3.8, 4) is 22.7 Å². The Hall–Kier alpha value is -2.98. The molecule has 162 valence electrons. The lowest BCUT2D eigenvalue weighted by Gasteiger charge is -2.24. The van der Waals surface area contributed by atoms with Gasteiger partial charge in [-0.25, -0.2) is 19.6 Å². The molecule has 0 saturated carbocycles. The van der Waals surface area contributed by atoms with Crippen molar-refractivity contribution in [1.82, 2.24) is 15.1 Å². The number of anilines is 1. The lowest BCUT2D eigenvalue weighted by Crippen LogP contribution is -2.41. The second-order valence-corrected chi connectivity index (χ2v) is 8.45. The lowest BCUT2D eigenvalue weighted by atomic mass is 10.1. The highest BCUT2D eigenvalue weighted by Gasteiger charge is 2.33. The third-order valence-electron chi connectivity index (χ3n) is 3.85. The highest BCUT2D eigenvalue weighted by Crippen LogP contribution is 2.32. The fourth-order valence-corrected chi connectivity index (χ4v) is 3.00. The van der Waals surface area contributed by atoms with Crippen LogP contribution in [0.5, 0.6) is 0 Å². The molecule has 31 heavy (non-hydrogen) atoms. The molecule has 0 aliphatic rings. The van der Waals surface area contributed by atoms with Gasteiger partial charge in [0.15, 0.2) is 17.3 Å². The molecule has 0 atom stereocenters. The van der Waals surface area contributed by atoms with Crippen molar-refractivity contribution < 1.29 is 24.0 Å². The zero-order valence-corrected chi connectivity index (χ0v) is 19.1. The van der Waals surface area contributed by atoms with Crippen LogP contribution in [0.15, 0.2) is 45.7 Å². The van der Waals surface area contributed by atoms with Gasteiger partial charge in [0.05, 0.1) is 6.20 Å². The number of ether oxygens (including phenoxy) is 1. The van der Waals surface area contributed by atoms with Crippen molar-refractivity contribution in [2.75, 3.05) is 4.90 Å². The average Bonchev–Trinajstić information content (AvgIpc) is 3.17. The van der Waals surface area contributed by atoms with Gasteiger partial charge < -0.3 is 14.4 Å². The van der Waals surface area contributed by atoms with Crippen LogP contribution >= 0.6 is 27.5 Å². The van der Waals surface area contributed by atoms with E-state index in [9.17, 15) is 14.7 Å². The molecular weight excluding hydrogens is 492 g/mol. The summed E-state index contributed by atoms with van der Waals surface area (Å²) in [5.74, 6) is 0.233. The van der Waals surface area contributed by atoms with Crippen LogP contribution in [0.25, 0.3) is 22.7 Å². The second-order valence-electron chi connectivity index (χ2n) is 7.37. The van der Waals surface area contributed by atoms with Gasteiger partial charge in [0.25, 0.3) is 0 Å². The number of aromatic nitrogens is 3. The third-order valence-corrected chi connectivity index (χ3v) is 4.54. The van der Waals surface area contributed by atoms with E-state index in [2.05, 4.69) is 31.1 Å². The van der Waals surface area contributed by atoms with Crippen molar-refractivity contribution in [2.45, 2.75) is 32.3 Å². The van der Waals surface area contributed by atoms with Gasteiger partial charge >= 0.3 is 12.2 Å². The Balaban J connectivity index is 2.04. The van der Waals surface area contributed by atoms with Crippen molar-refractivity contribution in [1.29, 1.82) is 0 Å². The van der Waals surface area contributed by atoms with E-state index in [0.29, 0.717) is 21.1 Å². The number of benzene rings is 1. The third kappa shape index (κ3) is 5.39. The number of carbonyl (C=O) groups is 2. The zero-order chi connectivity index (χ0) is 22.8. The number of carbonyl (C=O) groups excluding carboxylic acids is 1. The lowest BCUT2D eigenvalue weighted by molar-refractivity contribution is 0.0581. The van der Waals surface area contributed by atoms with E-state index in [4.69, 9.17) is 20.9 Å². The standard InChI is InChI=1S/C20H18BrClN4O5/c1-20(2,3)30-19(29)26(18(27)28)17-16(24-15(21)10-23-17)14-8-13(25-31-14)12-6-4-11(9-22)5-7-12/h4-8,10H,9H2,1-3H3,(H,27,28). The molecule has 2 heterocycles. The van der Waals surface area contributed by atoms with Crippen molar-refractivity contribution in [3.63, 3.8) is 0 Å². The number of rotatable bonds is 4. The summed E-state index contributed by atoms with van der Waals surface area (Å²) in [5.41, 5.74) is 1.28. The zero-order valence-electron chi connectivity index (χ0n) is 16.8. The maximum atomic E-state index is 12.5. The Bertz CT molecular complexity index is 1110. The highest BCUT2D eigenvalue weighted by atomic mass is 79.9. The number of hydrogen-bond acceptors (Lipinski definition) is 7. The number of nitrogens with zero attached hydrogens (tertiary/aromatic N) is 4. The van der Waals surface area contributed by atoms with E-state index in [-0.39, 0.29) is 17.3 Å². The molecule has 0 saturated heterocycles. The van der Waals surface area contributed by atoms with E-state index in [1.165, 1.54) is 6.20 Å². The molecule has 0 fully saturated rings. The van der Waals surface area contributed by atoms with Crippen molar-refractivity contribution in [2.24, 2.45) is 0 Å². The molecule has 0 unspecified atom stereocenters. The summed E-state index contributed by atoms with van der Waals surface area (Å²) in [6.45, 7) is 4.87. The van der Waals surface area contributed by atoms with Crippen LogP contribution in [-0.4, -0.2) is 38.0 Å². The molecule has 9 nitrogen and oxygen atoms in total. The maximum absolute atomic E-state index is 12.5. The van der Waals surface area contributed by atoms with Crippen LogP contribution in [0.4, 0.5) is 15.4 Å². The minimum atomic E-state index is -1.58. The van der Waals surface area contributed by atoms with Crippen LogP contribution < -0.4 is 4.90 Å². The number of halogens is 2. The van der Waals surface area contributed by atoms with Gasteiger partial charge in [-0.15, -0.1) is 11.6 Å². The summed E-state index contributed by atoms with van der Waals surface area (Å²) >= 11 is 9.02. The topological polar surface area (TPSA) is 119 Å². The van der Waals surface area contributed by atoms with Crippen LogP contribution in [0.2, 0.25) is 0 Å². The first-order valence-electron chi connectivity index (χ1n) is 9.00. The summed E-state index contributed by atoms with van der Waals surface area (Å²) in [4.78, 5) is 33.1. The fraction of sp³-hybridized carbons (Fsp3) is 0.250. The average molecular weight is 510 g/mol. The first-order chi connectivity index (χ1) is 14.6. The molecule has 3 aromatic rings. The Morgan fingerprint density at radius 3 is 2.52 bits per heavy atom. The van der Waals surface area contributed by atoms with Crippen LogP contribution in [0.3, 0.4) is 0 Å². The number of carboxylic acid groups (broad SMARTS) is 1. The quantitative estimate of drug-likeness (QED) is 0.444. The van der Waals surface area contributed by atoms with E-state index in [1.807, 2.05) is 24.3 Å². The van der Waals surface area contributed by atoms with Gasteiger partial charge in [-0.1, -0.05) is 29.4 Å². The number of hydrogen-bond donors (Lipinski definition) is 1. The largest absolute Gasteiger partial charge is 0.464 e. The minimum absolute atomic E-state index is 0.00115. The predicted molar refractivity (Wildman–Crippen MR) is 117 cm³/mol. The van der Waals surface area contributed by atoms with E-state index in [0.717, 1.165) is 11.1 Å². The second kappa shape index (κ2) is 9.03. The molecule has 11 heteroatoms. The van der Waals surface area contributed by atoms with E-state index >= 15 is 0 Å². The Labute approximate surface area is 191 Å². The van der Waals surface area contributed by atoms with Gasteiger partial charge in [-0.05, 0) is 42.3 Å². The predicted octanol–water partition coefficient (Wildman–Crippen LogP) is 5.72. The maximum Gasteiger partial charge on any atom is 0.425 e. The molecule has 2 amide bonds. The molecule has 3 rings (SSSR count). The fourth-order valence-electron chi connectivity index (χ4n) is 2.54. The Morgan fingerprint density at radius 1 is 1.26 bits per heavy atom. The summed E-state index contributed by atoms with van der Waals surface area (Å²) in [6.07, 6.45) is -1.43. The van der Waals surface area contributed by atoms with E-state index in [1.54, 1.807) is 26.8 Å². The molecule has 1 N–H and O–H groups in total. The number of alkyl halides is 1. The number of imide groups is 1. The van der Waals surface area contributed by atoms with Crippen molar-refractivity contribution in [3.05, 3.63) is 46.7 Å². The van der Waals surface area contributed by atoms with Gasteiger partial charge in [0.1, 0.15) is 15.9 Å². The Morgan fingerprint density at radius 2 is 1.94 bits per heavy atom. The first-order valence-corrected chi connectivity index (χ1v) is 10.3. The Kier molecular flexibility index (Phi) is 6.61. The van der Waals surface area contributed by atoms with E-state index < -0.39 is 17.8 Å². The summed E-state index contributed by atoms with van der Waals surface area (Å²) in [7, 11) is 0. The first kappa shape index (κ1) is 22.7. The van der Waals surface area contributed by atoms with Crippen LogP contribution in [0, 0.1) is 0 Å². The molecule has 0 aliphatic carbocycles. The molecular formula is C20H18BrClN4O5. The van der Waals surface area contributed by atoms with Crippen LogP contribution in [0.1, 0.15) is 26.3 Å². The van der Waals surface area contributed by atoms with Gasteiger partial charge in [-0.3, -0.25) is 0 Å². The SMILES string of the molecule is CC(C)(C)OC(=O)N(C(=O)O)c1ncc(Br)nc1-c1cc(-c2ccc(CCl)cc2)no1. The molecule has 1 aromatic carbocycles. The van der Waals surface area contributed by atoms with Crippen molar-refractivity contribution >= 4 is 45.5 Å². The smallest absolute Gasteiger partial charge is 0.425 e. The molecule has 0 aliphatic heterocycles. The van der Waals surface area contributed by atoms with Gasteiger partial charge in [0.2, 0.25) is 0 Å². The molecule has 0 bridgehead atoms. The normalized spacial score (nSPS) is 11.3. The number of amides is 2. The van der Waals surface area contributed by atoms with Gasteiger partial charge in [0, 0.05) is 17.5 Å². The molecule has 0 spiro atoms. The van der Waals surface area contributed by atoms with Gasteiger partial charge in [-0.2, -0.15) is 4.90 Å². The molecule has 0 radical (unpaired) electrons. The highest BCUT2D eigenvalue weighted by molar-refractivity contribution is 9.10. The summed E-state index contributed by atoms with van der Waals surface area (Å²) in [6, 6.07) is 8.95.